The van der Waals surface area contributed by atoms with Crippen molar-refractivity contribution in [3.8, 4) is 0 Å². The number of allylic oxidation sites excluding steroid dienone is 2. The van der Waals surface area contributed by atoms with Crippen molar-refractivity contribution < 1.29 is 4.79 Å². The molecule has 13 heavy (non-hydrogen) atoms. The van der Waals surface area contributed by atoms with Crippen LogP contribution in [0.2, 0.25) is 0 Å². The van der Waals surface area contributed by atoms with Crippen LogP contribution in [-0.4, -0.2) is 10.5 Å². The Morgan fingerprint density at radius 2 is 1.92 bits per heavy atom. The molecule has 0 amide bonds. The van der Waals surface area contributed by atoms with E-state index >= 15 is 0 Å². The molecular formula is C10H14NOP. The zero-order valence-corrected chi connectivity index (χ0v) is 9.32. The van der Waals surface area contributed by atoms with E-state index in [9.17, 15) is 4.79 Å². The van der Waals surface area contributed by atoms with E-state index in [1.54, 1.807) is 10.6 Å². The van der Waals surface area contributed by atoms with Crippen LogP contribution in [-0.2, 0) is 0 Å². The molecule has 0 bridgehead atoms. The molecule has 0 fully saturated rings. The summed E-state index contributed by atoms with van der Waals surface area (Å²) in [5.41, 5.74) is 2.99. The molecule has 2 heterocycles. The van der Waals surface area contributed by atoms with Crippen LogP contribution in [0.4, 0.5) is 0 Å². The van der Waals surface area contributed by atoms with E-state index in [0.29, 0.717) is 0 Å². The second kappa shape index (κ2) is 3.89. The van der Waals surface area contributed by atoms with Gasteiger partial charge in [-0.05, 0) is 24.6 Å². The molecule has 3 heteroatoms. The van der Waals surface area contributed by atoms with Gasteiger partial charge in [0, 0.05) is 11.5 Å². The smallest absolute Gasteiger partial charge is 0.255 e. The molecular weight excluding hydrogens is 181 g/mol. The van der Waals surface area contributed by atoms with Crippen LogP contribution >= 0.6 is 9.24 Å². The van der Waals surface area contributed by atoms with Crippen LogP contribution in [0.15, 0.2) is 18.2 Å². The van der Waals surface area contributed by atoms with Crippen LogP contribution < -0.4 is 5.44 Å². The Morgan fingerprint density at radius 1 is 1.31 bits per heavy atom. The van der Waals surface area contributed by atoms with Crippen molar-refractivity contribution in [1.82, 2.24) is 4.57 Å². The summed E-state index contributed by atoms with van der Waals surface area (Å²) in [4.78, 5) is 11.2. The summed E-state index contributed by atoms with van der Waals surface area (Å²) in [6.07, 6.45) is 1.66. The summed E-state index contributed by atoms with van der Waals surface area (Å²) in [5.74, 6) is 0.0625. The lowest BCUT2D eigenvalue weighted by atomic mass is 10.2. The van der Waals surface area contributed by atoms with Crippen molar-refractivity contribution in [2.45, 2.75) is 20.8 Å². The third-order valence-corrected chi connectivity index (χ3v) is 2.33. The second-order valence-corrected chi connectivity index (χ2v) is 3.24. The molecule has 70 valence electrons. The van der Waals surface area contributed by atoms with E-state index in [1.165, 1.54) is 0 Å². The number of hydrogen-bond donors (Lipinski definition) is 0. The van der Waals surface area contributed by atoms with Crippen LogP contribution in [0.1, 0.15) is 31.3 Å². The Balaban J connectivity index is 0.000000396. The minimum atomic E-state index is 0.0625. The van der Waals surface area contributed by atoms with Crippen molar-refractivity contribution in [2.24, 2.45) is 0 Å². The summed E-state index contributed by atoms with van der Waals surface area (Å²) >= 11 is 0. The molecule has 1 aromatic heterocycles. The van der Waals surface area contributed by atoms with E-state index in [-0.39, 0.29) is 5.91 Å². The van der Waals surface area contributed by atoms with Gasteiger partial charge in [-0.1, -0.05) is 23.1 Å². The predicted molar refractivity (Wildman–Crippen MR) is 59.4 cm³/mol. The molecule has 1 aliphatic rings. The van der Waals surface area contributed by atoms with Crippen LogP contribution in [0.25, 0.3) is 5.57 Å². The minimum Gasteiger partial charge on any atom is -0.277 e. The molecule has 0 spiro atoms. The van der Waals surface area contributed by atoms with Gasteiger partial charge in [-0.25, -0.2) is 0 Å². The van der Waals surface area contributed by atoms with E-state index in [0.717, 1.165) is 16.7 Å². The lowest BCUT2D eigenvalue weighted by Gasteiger charge is -1.97. The maximum Gasteiger partial charge on any atom is 0.255 e. The number of hydrogen-bond acceptors (Lipinski definition) is 1. The van der Waals surface area contributed by atoms with Gasteiger partial charge in [0.15, 0.2) is 0 Å². The summed E-state index contributed by atoms with van der Waals surface area (Å²) in [6, 6.07) is 3.88. The average molecular weight is 195 g/mol. The molecule has 0 N–H and O–H groups in total. The van der Waals surface area contributed by atoms with Gasteiger partial charge in [-0.15, -0.1) is 0 Å². The van der Waals surface area contributed by atoms with E-state index in [1.807, 2.05) is 32.9 Å². The van der Waals surface area contributed by atoms with E-state index in [4.69, 9.17) is 0 Å². The standard InChI is InChI=1S/C8H8NOP.C2H6/c1-5-4-7(10)9-6(5)2-3-8(9)11;1-2/h2-4H,11H2,1H3;1-2H3. The molecule has 1 atom stereocenters. The zero-order chi connectivity index (χ0) is 10.0. The van der Waals surface area contributed by atoms with E-state index < -0.39 is 0 Å². The van der Waals surface area contributed by atoms with Crippen molar-refractivity contribution in [1.29, 1.82) is 0 Å². The Morgan fingerprint density at radius 3 is 2.46 bits per heavy atom. The number of carbonyl (C=O) groups is 1. The highest BCUT2D eigenvalue weighted by molar-refractivity contribution is 7.27. The lowest BCUT2D eigenvalue weighted by Crippen LogP contribution is -2.14. The molecule has 1 unspecified atom stereocenters. The lowest BCUT2D eigenvalue weighted by molar-refractivity contribution is 0.0978. The molecule has 2 nitrogen and oxygen atoms in total. The van der Waals surface area contributed by atoms with E-state index in [2.05, 4.69) is 9.24 Å². The highest BCUT2D eigenvalue weighted by Crippen LogP contribution is 2.20. The summed E-state index contributed by atoms with van der Waals surface area (Å²) in [5, 5.41) is 0. The van der Waals surface area contributed by atoms with Gasteiger partial charge >= 0.3 is 0 Å². The second-order valence-electron chi connectivity index (χ2n) is 2.64. The monoisotopic (exact) mass is 195 g/mol. The van der Waals surface area contributed by atoms with Crippen molar-refractivity contribution >= 4 is 26.2 Å². The molecule has 0 saturated carbocycles. The van der Waals surface area contributed by atoms with Gasteiger partial charge in [0.2, 0.25) is 0 Å². The minimum absolute atomic E-state index is 0.0625. The molecule has 1 aliphatic heterocycles. The Hall–Kier alpha value is -0.880. The van der Waals surface area contributed by atoms with Crippen LogP contribution in [0.5, 0.6) is 0 Å². The summed E-state index contributed by atoms with van der Waals surface area (Å²) in [6.45, 7) is 5.95. The van der Waals surface area contributed by atoms with Gasteiger partial charge in [-0.2, -0.15) is 0 Å². The van der Waals surface area contributed by atoms with Crippen LogP contribution in [0.3, 0.4) is 0 Å². The van der Waals surface area contributed by atoms with Gasteiger partial charge in [-0.3, -0.25) is 9.36 Å². The quantitative estimate of drug-likeness (QED) is 0.581. The van der Waals surface area contributed by atoms with Crippen LogP contribution in [0, 0.1) is 0 Å². The molecule has 2 rings (SSSR count). The number of fused-ring (bicyclic) bond motifs is 1. The van der Waals surface area contributed by atoms with Gasteiger partial charge in [0.05, 0.1) is 5.69 Å². The zero-order valence-electron chi connectivity index (χ0n) is 8.16. The molecule has 1 aromatic rings. The Bertz CT molecular complexity index is 363. The van der Waals surface area contributed by atoms with Gasteiger partial charge in [0.1, 0.15) is 0 Å². The average Bonchev–Trinajstić information content (AvgIpc) is 2.61. The first-order valence-corrected chi connectivity index (χ1v) is 4.98. The molecule has 0 radical (unpaired) electrons. The fourth-order valence-corrected chi connectivity index (χ4v) is 1.69. The van der Waals surface area contributed by atoms with Gasteiger partial charge < -0.3 is 0 Å². The maximum absolute atomic E-state index is 11.2. The Kier molecular flexibility index (Phi) is 3.05. The normalized spacial score (nSPS) is 13.2. The highest BCUT2D eigenvalue weighted by Gasteiger charge is 2.18. The highest BCUT2D eigenvalue weighted by atomic mass is 31.0. The number of aromatic nitrogens is 1. The summed E-state index contributed by atoms with van der Waals surface area (Å²) < 4.78 is 1.69. The maximum atomic E-state index is 11.2. The first kappa shape index (κ1) is 10.2. The van der Waals surface area contributed by atoms with Crippen molar-refractivity contribution in [3.05, 3.63) is 23.9 Å². The molecule has 0 saturated heterocycles. The van der Waals surface area contributed by atoms with Gasteiger partial charge in [0.25, 0.3) is 5.91 Å². The molecule has 0 aromatic carbocycles. The fourth-order valence-electron chi connectivity index (χ4n) is 1.33. The SMILES string of the molecule is CC.CC1=CC(=O)n2c(P)ccc21. The first-order valence-electron chi connectivity index (χ1n) is 4.40. The predicted octanol–water partition coefficient (Wildman–Crippen LogP) is 2.07. The first-order chi connectivity index (χ1) is 6.20. The largest absolute Gasteiger partial charge is 0.277 e. The third kappa shape index (κ3) is 1.59. The Labute approximate surface area is 80.8 Å². The van der Waals surface area contributed by atoms with Crippen molar-refractivity contribution in [3.63, 3.8) is 0 Å². The summed E-state index contributed by atoms with van der Waals surface area (Å²) in [7, 11) is 2.54. The number of nitrogens with zero attached hydrogens (tertiary/aromatic N) is 1. The number of rotatable bonds is 0. The molecule has 0 aliphatic carbocycles. The number of carbonyl (C=O) groups excluding carboxylic acids is 1. The topological polar surface area (TPSA) is 22.0 Å². The fraction of sp³-hybridized carbons (Fsp3) is 0.300. The third-order valence-electron chi connectivity index (χ3n) is 1.88. The van der Waals surface area contributed by atoms with Crippen molar-refractivity contribution in [2.75, 3.05) is 0 Å².